The molecule has 0 aliphatic carbocycles. The molecule has 1 unspecified atom stereocenters. The lowest BCUT2D eigenvalue weighted by Crippen LogP contribution is -2.38. The van der Waals surface area contributed by atoms with Crippen molar-refractivity contribution in [3.05, 3.63) is 52.5 Å². The number of piperidine rings is 1. The van der Waals surface area contributed by atoms with Crippen molar-refractivity contribution in [3.63, 3.8) is 0 Å². The van der Waals surface area contributed by atoms with Crippen LogP contribution in [-0.2, 0) is 10.0 Å². The van der Waals surface area contributed by atoms with Crippen LogP contribution in [0.4, 0.5) is 0 Å². The number of thiophene rings is 1. The van der Waals surface area contributed by atoms with Crippen LogP contribution in [0.1, 0.15) is 36.8 Å². The lowest BCUT2D eigenvalue weighted by atomic mass is 10.1. The van der Waals surface area contributed by atoms with Crippen molar-refractivity contribution < 1.29 is 12.8 Å². The summed E-state index contributed by atoms with van der Waals surface area (Å²) < 4.78 is 33.6. The van der Waals surface area contributed by atoms with E-state index in [1.807, 2.05) is 35.9 Å². The van der Waals surface area contributed by atoms with E-state index in [4.69, 9.17) is 4.42 Å². The van der Waals surface area contributed by atoms with Crippen LogP contribution in [0, 0.1) is 6.92 Å². The first kappa shape index (κ1) is 17.4. The number of aryl methyl sites for hydroxylation is 1. The van der Waals surface area contributed by atoms with Crippen LogP contribution in [-0.4, -0.2) is 29.5 Å². The zero-order valence-corrected chi connectivity index (χ0v) is 16.0. The molecule has 0 saturated carbocycles. The number of aromatic nitrogens is 2. The summed E-state index contributed by atoms with van der Waals surface area (Å²) in [5.74, 6) is 0.793. The molecule has 0 radical (unpaired) electrons. The van der Waals surface area contributed by atoms with E-state index in [9.17, 15) is 8.42 Å². The molecule has 8 heteroatoms. The lowest BCUT2D eigenvalue weighted by Gasteiger charge is -2.32. The number of nitrogens with zero attached hydrogens (tertiary/aromatic N) is 3. The van der Waals surface area contributed by atoms with Crippen molar-refractivity contribution in [2.24, 2.45) is 0 Å². The summed E-state index contributed by atoms with van der Waals surface area (Å²) >= 11 is 1.55. The Balaban J connectivity index is 1.67. The second kappa shape index (κ2) is 6.94. The van der Waals surface area contributed by atoms with Crippen molar-refractivity contribution >= 4 is 21.4 Å². The molecule has 1 fully saturated rings. The average Bonchev–Trinajstić information content (AvgIpc) is 3.34. The van der Waals surface area contributed by atoms with Crippen LogP contribution in [0.3, 0.4) is 0 Å². The van der Waals surface area contributed by atoms with Gasteiger partial charge in [-0.1, -0.05) is 24.1 Å². The second-order valence-corrected chi connectivity index (χ2v) is 9.07. The van der Waals surface area contributed by atoms with E-state index in [0.717, 1.165) is 24.0 Å². The molecular formula is C18H19N3O3S2. The minimum Gasteiger partial charge on any atom is -0.419 e. The summed E-state index contributed by atoms with van der Waals surface area (Å²) in [6.07, 6.45) is 2.43. The summed E-state index contributed by atoms with van der Waals surface area (Å²) in [5, 5.41) is 12.1. The van der Waals surface area contributed by atoms with Crippen molar-refractivity contribution in [3.8, 4) is 11.5 Å². The minimum atomic E-state index is -3.61. The zero-order chi connectivity index (χ0) is 18.1. The summed E-state index contributed by atoms with van der Waals surface area (Å²) in [6.45, 7) is 2.39. The standard InChI is InChI=1S/C18H19N3O3S2/c1-13-5-7-15(8-6-13)26(22,23)21-10-3-2-4-16(21)18-20-19-17(24-18)14-9-11-25-12-14/h5-9,11-12,16H,2-4,10H2,1H3. The fraction of sp³-hybridized carbons (Fsp3) is 0.333. The highest BCUT2D eigenvalue weighted by Gasteiger charge is 2.37. The van der Waals surface area contributed by atoms with Gasteiger partial charge in [-0.2, -0.15) is 15.6 Å². The monoisotopic (exact) mass is 389 g/mol. The maximum Gasteiger partial charge on any atom is 0.248 e. The molecular weight excluding hydrogens is 370 g/mol. The smallest absolute Gasteiger partial charge is 0.248 e. The maximum atomic E-state index is 13.2. The highest BCUT2D eigenvalue weighted by molar-refractivity contribution is 7.89. The quantitative estimate of drug-likeness (QED) is 0.673. The van der Waals surface area contributed by atoms with Crippen LogP contribution in [0.15, 0.2) is 50.4 Å². The van der Waals surface area contributed by atoms with Gasteiger partial charge >= 0.3 is 0 Å². The van der Waals surface area contributed by atoms with Gasteiger partial charge in [-0.15, -0.1) is 10.2 Å². The number of sulfonamides is 1. The first-order valence-corrected chi connectivity index (χ1v) is 10.9. The Hall–Kier alpha value is -2.03. The van der Waals surface area contributed by atoms with Gasteiger partial charge in [0.2, 0.25) is 21.8 Å². The zero-order valence-electron chi connectivity index (χ0n) is 14.3. The third-order valence-corrected chi connectivity index (χ3v) is 7.18. The van der Waals surface area contributed by atoms with Crippen molar-refractivity contribution in [1.82, 2.24) is 14.5 Å². The van der Waals surface area contributed by atoms with Crippen LogP contribution in [0.25, 0.3) is 11.5 Å². The molecule has 1 aliphatic heterocycles. The van der Waals surface area contributed by atoms with Gasteiger partial charge < -0.3 is 4.42 Å². The fourth-order valence-electron chi connectivity index (χ4n) is 3.16. The van der Waals surface area contributed by atoms with Crippen molar-refractivity contribution in [2.75, 3.05) is 6.54 Å². The first-order chi connectivity index (χ1) is 12.6. The highest BCUT2D eigenvalue weighted by atomic mass is 32.2. The SMILES string of the molecule is Cc1ccc(S(=O)(=O)N2CCCCC2c2nnc(-c3ccsc3)o2)cc1. The molecule has 6 nitrogen and oxygen atoms in total. The average molecular weight is 390 g/mol. The Morgan fingerprint density at radius 3 is 2.69 bits per heavy atom. The Labute approximate surface area is 156 Å². The van der Waals surface area contributed by atoms with Crippen LogP contribution >= 0.6 is 11.3 Å². The molecule has 0 amide bonds. The molecule has 1 saturated heterocycles. The summed E-state index contributed by atoms with van der Waals surface area (Å²) in [4.78, 5) is 0.299. The lowest BCUT2D eigenvalue weighted by molar-refractivity contribution is 0.220. The van der Waals surface area contributed by atoms with E-state index >= 15 is 0 Å². The van der Waals surface area contributed by atoms with E-state index in [1.165, 1.54) is 4.31 Å². The van der Waals surface area contributed by atoms with E-state index in [2.05, 4.69) is 10.2 Å². The number of benzene rings is 1. The number of hydrogen-bond donors (Lipinski definition) is 0. The molecule has 4 rings (SSSR count). The van der Waals surface area contributed by atoms with Crippen molar-refractivity contribution in [2.45, 2.75) is 37.1 Å². The normalized spacial score (nSPS) is 18.9. The number of rotatable bonds is 4. The molecule has 3 aromatic rings. The Morgan fingerprint density at radius 2 is 1.96 bits per heavy atom. The van der Waals surface area contributed by atoms with Gasteiger partial charge in [0, 0.05) is 17.5 Å². The topological polar surface area (TPSA) is 76.3 Å². The van der Waals surface area contributed by atoms with Gasteiger partial charge in [0.05, 0.1) is 4.90 Å². The molecule has 0 N–H and O–H groups in total. The summed E-state index contributed by atoms with van der Waals surface area (Å²) in [7, 11) is -3.61. The Kier molecular flexibility index (Phi) is 4.64. The molecule has 1 aromatic carbocycles. The predicted molar refractivity (Wildman–Crippen MR) is 99.3 cm³/mol. The summed E-state index contributed by atoms with van der Waals surface area (Å²) in [5.41, 5.74) is 1.88. The minimum absolute atomic E-state index is 0.299. The van der Waals surface area contributed by atoms with Crippen LogP contribution in [0.2, 0.25) is 0 Å². The van der Waals surface area contributed by atoms with Gasteiger partial charge in [0.25, 0.3) is 0 Å². The third-order valence-electron chi connectivity index (χ3n) is 4.58. The van der Waals surface area contributed by atoms with Crippen LogP contribution in [0.5, 0.6) is 0 Å². The van der Waals surface area contributed by atoms with E-state index < -0.39 is 16.1 Å². The first-order valence-electron chi connectivity index (χ1n) is 8.50. The molecule has 1 aliphatic rings. The molecule has 3 heterocycles. The van der Waals surface area contributed by atoms with Crippen LogP contribution < -0.4 is 0 Å². The fourth-order valence-corrected chi connectivity index (χ4v) is 5.44. The molecule has 136 valence electrons. The van der Waals surface area contributed by atoms with Gasteiger partial charge in [0.15, 0.2) is 0 Å². The number of hydrogen-bond acceptors (Lipinski definition) is 6. The van der Waals surface area contributed by atoms with Gasteiger partial charge in [0.1, 0.15) is 6.04 Å². The van der Waals surface area contributed by atoms with E-state index in [1.54, 1.807) is 23.5 Å². The predicted octanol–water partition coefficient (Wildman–Crippen LogP) is 4.02. The van der Waals surface area contributed by atoms with Gasteiger partial charge in [-0.05, 0) is 43.3 Å². The maximum absolute atomic E-state index is 13.2. The summed E-state index contributed by atoms with van der Waals surface area (Å²) in [6, 6.07) is 8.42. The second-order valence-electron chi connectivity index (χ2n) is 6.40. The Morgan fingerprint density at radius 1 is 1.15 bits per heavy atom. The molecule has 0 bridgehead atoms. The molecule has 2 aromatic heterocycles. The van der Waals surface area contributed by atoms with E-state index in [-0.39, 0.29) is 0 Å². The van der Waals surface area contributed by atoms with E-state index in [0.29, 0.717) is 29.6 Å². The van der Waals surface area contributed by atoms with Gasteiger partial charge in [-0.3, -0.25) is 0 Å². The molecule has 1 atom stereocenters. The van der Waals surface area contributed by atoms with Crippen molar-refractivity contribution in [1.29, 1.82) is 0 Å². The largest absolute Gasteiger partial charge is 0.419 e. The third kappa shape index (κ3) is 3.20. The van der Waals surface area contributed by atoms with Gasteiger partial charge in [-0.25, -0.2) is 8.42 Å². The highest BCUT2D eigenvalue weighted by Crippen LogP contribution is 2.36. The molecule has 26 heavy (non-hydrogen) atoms. The molecule has 0 spiro atoms. The Bertz CT molecular complexity index is 979.